The van der Waals surface area contributed by atoms with Crippen LogP contribution in [0.4, 0.5) is 0 Å². The van der Waals surface area contributed by atoms with Gasteiger partial charge in [-0.3, -0.25) is 9.35 Å². The molecule has 1 saturated heterocycles. The van der Waals surface area contributed by atoms with E-state index < -0.39 is 59.8 Å². The molecule has 13 heteroatoms. The zero-order valence-corrected chi connectivity index (χ0v) is 42.1. The molecule has 0 aliphatic carbocycles. The molecule has 6 atom stereocenters. The number of allylic oxidation sites excluding steroid dienone is 10. The average molecular weight is 955 g/mol. The van der Waals surface area contributed by atoms with Crippen LogP contribution in [0.15, 0.2) is 60.8 Å². The van der Waals surface area contributed by atoms with Crippen LogP contribution >= 0.6 is 0 Å². The predicted molar refractivity (Wildman–Crippen MR) is 266 cm³/mol. The van der Waals surface area contributed by atoms with Gasteiger partial charge in [-0.15, -0.1) is 0 Å². The first kappa shape index (κ1) is 61.8. The Bertz CT molecular complexity index is 1380. The Morgan fingerprint density at radius 1 is 0.576 bits per heavy atom. The monoisotopic (exact) mass is 955 g/mol. The molecule has 6 unspecified atom stereocenters. The van der Waals surface area contributed by atoms with Gasteiger partial charge in [-0.2, -0.15) is 8.42 Å². The zero-order chi connectivity index (χ0) is 48.2. The van der Waals surface area contributed by atoms with E-state index in [4.69, 9.17) is 18.9 Å². The van der Waals surface area contributed by atoms with Crippen molar-refractivity contribution in [2.45, 2.75) is 243 Å². The predicted octanol–water partition coefficient (Wildman–Crippen LogP) is 12.1. The summed E-state index contributed by atoms with van der Waals surface area (Å²) in [4.78, 5) is 12.9. The summed E-state index contributed by atoms with van der Waals surface area (Å²) in [7, 11) is -5.07. The minimum atomic E-state index is -5.07. The normalized spacial score (nSPS) is 20.0. The van der Waals surface area contributed by atoms with Gasteiger partial charge in [-0.1, -0.05) is 177 Å². The first-order chi connectivity index (χ1) is 32.1. The lowest BCUT2D eigenvalue weighted by molar-refractivity contribution is -0.301. The molecule has 0 aromatic carbocycles. The molecule has 1 aliphatic rings. The molecule has 12 nitrogen and oxygen atoms in total. The molecular formula is C53H94O12S. The molecule has 1 fully saturated rings. The van der Waals surface area contributed by atoms with Crippen LogP contribution in [0.2, 0.25) is 0 Å². The standard InChI is InChI=1S/C53H94O12S/c1-3-5-7-9-11-13-15-17-19-20-21-22-23-24-25-26-27-29-31-33-35-37-39-41-43-61-45-47(46-62-53-51(57)52(65-66(58,59)60)50(56)48(44-54)64-53)63-49(55)42-40-38-36-34-32-30-28-18-16-14-12-10-8-6-4-2/h12,14-15,17-18,20-21,23-24,28,47-48,50-54,56-57H,3-11,13,16,19,22,25-27,29-46H2,1-2H3,(H,58,59,60)/b14-12-,17-15-,21-20-,24-23-,28-18-. The average Bonchev–Trinajstić information content (AvgIpc) is 3.29. The lowest BCUT2D eigenvalue weighted by Crippen LogP contribution is -2.60. The van der Waals surface area contributed by atoms with Crippen molar-refractivity contribution in [1.82, 2.24) is 0 Å². The minimum absolute atomic E-state index is 0.0244. The van der Waals surface area contributed by atoms with E-state index in [-0.39, 0.29) is 19.6 Å². The molecule has 0 aromatic rings. The van der Waals surface area contributed by atoms with Crippen LogP contribution in [0.1, 0.15) is 206 Å². The van der Waals surface area contributed by atoms with Gasteiger partial charge in [-0.05, 0) is 83.5 Å². The topological polar surface area (TPSA) is 178 Å². The number of carbonyl (C=O) groups is 1. The van der Waals surface area contributed by atoms with E-state index >= 15 is 0 Å². The van der Waals surface area contributed by atoms with Gasteiger partial charge in [0.15, 0.2) is 6.29 Å². The molecule has 0 amide bonds. The van der Waals surface area contributed by atoms with Crippen molar-refractivity contribution in [2.75, 3.05) is 26.4 Å². The Hall–Kier alpha value is -2.20. The summed E-state index contributed by atoms with van der Waals surface area (Å²) in [5.41, 5.74) is 0. The number of unbranched alkanes of at least 4 members (excludes halogenated alkanes) is 22. The Kier molecular flexibility index (Phi) is 41.2. The molecule has 0 bridgehead atoms. The summed E-state index contributed by atoms with van der Waals surface area (Å²) in [6.45, 7) is 3.93. The molecule has 66 heavy (non-hydrogen) atoms. The van der Waals surface area contributed by atoms with Gasteiger partial charge in [0.25, 0.3) is 0 Å². The fourth-order valence-electron chi connectivity index (χ4n) is 7.65. The summed E-state index contributed by atoms with van der Waals surface area (Å²) >= 11 is 0. The molecule has 0 saturated carbocycles. The van der Waals surface area contributed by atoms with E-state index in [1.54, 1.807) is 0 Å². The second-order valence-corrected chi connectivity index (χ2v) is 18.8. The van der Waals surface area contributed by atoms with Crippen molar-refractivity contribution in [1.29, 1.82) is 0 Å². The van der Waals surface area contributed by atoms with Crippen LogP contribution in [-0.4, -0.2) is 97.5 Å². The SMILES string of the molecule is CCCCC/C=C\C/C=C\CCCCCCCC(=O)OC(COCCCCCCCCCCC/C=C\C/C=C\C/C=C\CCCCCCC)COC1OC(CO)C(O)C(OS(=O)(=O)O)C1O. The van der Waals surface area contributed by atoms with Crippen molar-refractivity contribution in [3.8, 4) is 0 Å². The van der Waals surface area contributed by atoms with Crippen LogP contribution in [-0.2, 0) is 38.3 Å². The van der Waals surface area contributed by atoms with Crippen LogP contribution < -0.4 is 0 Å². The van der Waals surface area contributed by atoms with Gasteiger partial charge in [0.2, 0.25) is 0 Å². The Labute approximate surface area is 401 Å². The number of hydrogen-bond donors (Lipinski definition) is 4. The quantitative estimate of drug-likeness (QED) is 0.0197. The smallest absolute Gasteiger partial charge is 0.397 e. The molecule has 0 radical (unpaired) electrons. The number of carbonyl (C=O) groups excluding carboxylic acids is 1. The van der Waals surface area contributed by atoms with Crippen LogP contribution in [0.3, 0.4) is 0 Å². The van der Waals surface area contributed by atoms with E-state index in [1.807, 2.05) is 0 Å². The maximum Gasteiger partial charge on any atom is 0.397 e. The molecule has 1 heterocycles. The Balaban J connectivity index is 2.35. The molecule has 384 valence electrons. The minimum Gasteiger partial charge on any atom is -0.457 e. The highest BCUT2D eigenvalue weighted by atomic mass is 32.3. The first-order valence-corrected chi connectivity index (χ1v) is 27.4. The van der Waals surface area contributed by atoms with Gasteiger partial charge in [0.05, 0.1) is 19.8 Å². The summed E-state index contributed by atoms with van der Waals surface area (Å²) in [5, 5.41) is 30.7. The number of esters is 1. The molecule has 4 N–H and O–H groups in total. The van der Waals surface area contributed by atoms with Crippen LogP contribution in [0.5, 0.6) is 0 Å². The van der Waals surface area contributed by atoms with Gasteiger partial charge < -0.3 is 34.3 Å². The zero-order valence-electron chi connectivity index (χ0n) is 41.2. The van der Waals surface area contributed by atoms with Gasteiger partial charge >= 0.3 is 16.4 Å². The highest BCUT2D eigenvalue weighted by Crippen LogP contribution is 2.26. The van der Waals surface area contributed by atoms with Gasteiger partial charge in [0.1, 0.15) is 30.5 Å². The van der Waals surface area contributed by atoms with Crippen molar-refractivity contribution in [2.24, 2.45) is 0 Å². The largest absolute Gasteiger partial charge is 0.457 e. The van der Waals surface area contributed by atoms with Crippen LogP contribution in [0.25, 0.3) is 0 Å². The summed E-state index contributed by atoms with van der Waals surface area (Å²) in [6, 6.07) is 0. The molecular weight excluding hydrogens is 861 g/mol. The molecule has 1 rings (SSSR count). The van der Waals surface area contributed by atoms with Crippen LogP contribution in [0, 0.1) is 0 Å². The van der Waals surface area contributed by atoms with Crippen molar-refractivity contribution >= 4 is 16.4 Å². The highest BCUT2D eigenvalue weighted by Gasteiger charge is 2.48. The van der Waals surface area contributed by atoms with Gasteiger partial charge in [0, 0.05) is 13.0 Å². The molecule has 1 aliphatic heterocycles. The maximum atomic E-state index is 12.9. The van der Waals surface area contributed by atoms with Crippen molar-refractivity contribution < 1.29 is 56.2 Å². The van der Waals surface area contributed by atoms with E-state index in [0.29, 0.717) is 13.0 Å². The fourth-order valence-corrected chi connectivity index (χ4v) is 8.16. The maximum absolute atomic E-state index is 12.9. The third-order valence-corrected chi connectivity index (χ3v) is 12.1. The fraction of sp³-hybridized carbons (Fsp3) is 0.792. The Morgan fingerprint density at radius 2 is 1.00 bits per heavy atom. The van der Waals surface area contributed by atoms with E-state index in [0.717, 1.165) is 83.5 Å². The third kappa shape index (κ3) is 36.8. The summed E-state index contributed by atoms with van der Waals surface area (Å²) < 4.78 is 59.2. The third-order valence-electron chi connectivity index (χ3n) is 11.6. The Morgan fingerprint density at radius 3 is 1.48 bits per heavy atom. The second kappa shape index (κ2) is 44.0. The number of rotatable bonds is 45. The van der Waals surface area contributed by atoms with Crippen molar-refractivity contribution in [3.05, 3.63) is 60.8 Å². The lowest BCUT2D eigenvalue weighted by atomic mass is 9.99. The van der Waals surface area contributed by atoms with Gasteiger partial charge in [-0.25, -0.2) is 4.18 Å². The second-order valence-electron chi connectivity index (χ2n) is 17.8. The molecule has 0 aromatic heterocycles. The summed E-state index contributed by atoms with van der Waals surface area (Å²) in [6.07, 6.45) is 46.8. The first-order valence-electron chi connectivity index (χ1n) is 26.0. The van der Waals surface area contributed by atoms with E-state index in [2.05, 4.69) is 78.8 Å². The number of ether oxygens (including phenoxy) is 4. The van der Waals surface area contributed by atoms with E-state index in [9.17, 15) is 33.1 Å². The lowest BCUT2D eigenvalue weighted by Gasteiger charge is -2.41. The molecule has 0 spiro atoms. The summed E-state index contributed by atoms with van der Waals surface area (Å²) in [5.74, 6) is -0.416. The number of hydrogen-bond acceptors (Lipinski definition) is 11. The highest BCUT2D eigenvalue weighted by molar-refractivity contribution is 7.80. The van der Waals surface area contributed by atoms with E-state index in [1.165, 1.54) is 96.3 Å². The van der Waals surface area contributed by atoms with Crippen molar-refractivity contribution in [3.63, 3.8) is 0 Å². The number of aliphatic hydroxyl groups is 3. The number of aliphatic hydroxyl groups excluding tert-OH is 3.